The fraction of sp³-hybridized carbons (Fsp3) is 0.0769. The number of aryl methyl sites for hydroxylation is 2. The Morgan fingerprint density at radius 3 is 2.65 bits per heavy atom. The first-order chi connectivity index (χ1) is 16.4. The van der Waals surface area contributed by atoms with Crippen LogP contribution in [-0.4, -0.2) is 15.3 Å². The van der Waals surface area contributed by atoms with Crippen LogP contribution in [0.3, 0.4) is 0 Å². The summed E-state index contributed by atoms with van der Waals surface area (Å²) in [5.41, 5.74) is 2.04. The third-order valence-corrected chi connectivity index (χ3v) is 5.59. The molecule has 0 aliphatic heterocycles. The van der Waals surface area contributed by atoms with Gasteiger partial charge < -0.3 is 10.1 Å². The van der Waals surface area contributed by atoms with Crippen molar-refractivity contribution in [2.24, 2.45) is 0 Å². The number of anilines is 1. The van der Waals surface area contributed by atoms with Gasteiger partial charge >= 0.3 is 0 Å². The van der Waals surface area contributed by atoms with Gasteiger partial charge in [-0.05, 0) is 73.5 Å². The van der Waals surface area contributed by atoms with Gasteiger partial charge in [0.15, 0.2) is 0 Å². The number of hydrogen-bond donors (Lipinski definition) is 1. The number of hydrogen-bond acceptors (Lipinski definition) is 5. The number of ether oxygens (including phenoxy) is 1. The second-order valence-corrected chi connectivity index (χ2v) is 8.48. The van der Waals surface area contributed by atoms with E-state index in [1.54, 1.807) is 48.7 Å². The molecule has 0 atom stereocenters. The minimum Gasteiger partial charge on any atom is -0.438 e. The van der Waals surface area contributed by atoms with E-state index in [1.807, 2.05) is 38.1 Å². The smallest absolute Gasteiger partial charge is 0.269 e. The zero-order chi connectivity index (χ0) is 24.2. The first kappa shape index (κ1) is 23.0. The standard InChI is InChI=1S/C26H19BrN4O3/c1-16-6-7-17(2)22(13-16)29-24(32)18(15-28)14-21-25(34-20-10-8-19(27)9-11-20)30-23-5-3-4-12-31(23)26(21)33/h3-14H,1-2H3,(H,29,32)/b18-14+. The summed E-state index contributed by atoms with van der Waals surface area (Å²) in [6.07, 6.45) is 2.77. The number of nitriles is 1. The molecule has 8 heteroatoms. The lowest BCUT2D eigenvalue weighted by atomic mass is 10.1. The van der Waals surface area contributed by atoms with Crippen molar-refractivity contribution in [1.29, 1.82) is 5.26 Å². The summed E-state index contributed by atoms with van der Waals surface area (Å²) in [7, 11) is 0. The summed E-state index contributed by atoms with van der Waals surface area (Å²) in [4.78, 5) is 30.6. The Balaban J connectivity index is 1.80. The molecular formula is C26H19BrN4O3. The number of fused-ring (bicyclic) bond motifs is 1. The van der Waals surface area contributed by atoms with Crippen molar-refractivity contribution >= 4 is 39.2 Å². The number of nitrogens with zero attached hydrogens (tertiary/aromatic N) is 3. The molecule has 1 amide bonds. The predicted octanol–water partition coefficient (Wildman–Crippen LogP) is 5.41. The number of benzene rings is 2. The lowest BCUT2D eigenvalue weighted by molar-refractivity contribution is -0.112. The molecule has 0 spiro atoms. The Morgan fingerprint density at radius 1 is 1.15 bits per heavy atom. The SMILES string of the molecule is Cc1ccc(C)c(NC(=O)/C(C#N)=C/c2c(Oc3ccc(Br)cc3)nc3ccccn3c2=O)c1. The molecule has 0 saturated heterocycles. The Labute approximate surface area is 204 Å². The van der Waals surface area contributed by atoms with E-state index in [4.69, 9.17) is 4.74 Å². The van der Waals surface area contributed by atoms with Crippen LogP contribution in [0.4, 0.5) is 5.69 Å². The monoisotopic (exact) mass is 514 g/mol. The highest BCUT2D eigenvalue weighted by Crippen LogP contribution is 2.26. The molecule has 0 fully saturated rings. The van der Waals surface area contributed by atoms with E-state index in [9.17, 15) is 14.9 Å². The Hall–Kier alpha value is -4.22. The van der Waals surface area contributed by atoms with Gasteiger partial charge in [-0.15, -0.1) is 0 Å². The maximum Gasteiger partial charge on any atom is 0.269 e. The van der Waals surface area contributed by atoms with Crippen molar-refractivity contribution in [2.45, 2.75) is 13.8 Å². The van der Waals surface area contributed by atoms with E-state index >= 15 is 0 Å². The molecule has 0 saturated carbocycles. The minimum atomic E-state index is -0.636. The number of carbonyl (C=O) groups is 1. The molecule has 0 aliphatic carbocycles. The highest BCUT2D eigenvalue weighted by molar-refractivity contribution is 9.10. The quantitative estimate of drug-likeness (QED) is 0.283. The third-order valence-electron chi connectivity index (χ3n) is 5.06. The van der Waals surface area contributed by atoms with Gasteiger partial charge in [-0.25, -0.2) is 0 Å². The topological polar surface area (TPSA) is 96.5 Å². The molecule has 4 rings (SSSR count). The van der Waals surface area contributed by atoms with Gasteiger partial charge in [-0.3, -0.25) is 14.0 Å². The summed E-state index contributed by atoms with van der Waals surface area (Å²) < 4.78 is 8.09. The van der Waals surface area contributed by atoms with Crippen LogP contribution in [0.2, 0.25) is 0 Å². The first-order valence-electron chi connectivity index (χ1n) is 10.3. The van der Waals surface area contributed by atoms with Crippen molar-refractivity contribution in [3.05, 3.63) is 104 Å². The van der Waals surface area contributed by atoms with Crippen LogP contribution in [0.15, 0.2) is 81.7 Å². The van der Waals surface area contributed by atoms with Crippen molar-refractivity contribution in [1.82, 2.24) is 9.38 Å². The molecule has 0 aliphatic rings. The number of rotatable bonds is 5. The van der Waals surface area contributed by atoms with Crippen LogP contribution in [0.1, 0.15) is 16.7 Å². The fourth-order valence-corrected chi connectivity index (χ4v) is 3.52. The summed E-state index contributed by atoms with van der Waals surface area (Å²) in [6.45, 7) is 3.76. The molecule has 2 aromatic carbocycles. The van der Waals surface area contributed by atoms with Gasteiger partial charge in [-0.2, -0.15) is 10.2 Å². The van der Waals surface area contributed by atoms with Crippen LogP contribution < -0.4 is 15.6 Å². The van der Waals surface area contributed by atoms with Crippen LogP contribution in [0.25, 0.3) is 11.7 Å². The Morgan fingerprint density at radius 2 is 1.91 bits per heavy atom. The van der Waals surface area contributed by atoms with Crippen LogP contribution in [0.5, 0.6) is 11.6 Å². The second kappa shape index (κ2) is 9.73. The lowest BCUT2D eigenvalue weighted by Crippen LogP contribution is -2.20. The van der Waals surface area contributed by atoms with E-state index in [2.05, 4.69) is 26.2 Å². The van der Waals surface area contributed by atoms with Crippen LogP contribution in [-0.2, 0) is 4.79 Å². The van der Waals surface area contributed by atoms with E-state index < -0.39 is 11.5 Å². The molecule has 168 valence electrons. The average molecular weight is 515 g/mol. The molecule has 4 aromatic rings. The molecule has 7 nitrogen and oxygen atoms in total. The van der Waals surface area contributed by atoms with Crippen LogP contribution in [0, 0.1) is 25.2 Å². The molecule has 1 N–H and O–H groups in total. The average Bonchev–Trinajstić information content (AvgIpc) is 2.83. The highest BCUT2D eigenvalue weighted by Gasteiger charge is 2.18. The van der Waals surface area contributed by atoms with E-state index in [1.165, 1.54) is 10.5 Å². The van der Waals surface area contributed by atoms with Gasteiger partial charge in [0.1, 0.15) is 28.6 Å². The minimum absolute atomic E-state index is 0.00851. The predicted molar refractivity (Wildman–Crippen MR) is 134 cm³/mol. The van der Waals surface area contributed by atoms with E-state index in [0.717, 1.165) is 15.6 Å². The first-order valence-corrected chi connectivity index (χ1v) is 11.1. The summed E-state index contributed by atoms with van der Waals surface area (Å²) in [5.74, 6) is -0.197. The number of nitrogens with one attached hydrogen (secondary N) is 1. The van der Waals surface area contributed by atoms with Crippen molar-refractivity contribution < 1.29 is 9.53 Å². The number of amides is 1. The van der Waals surface area contributed by atoms with Gasteiger partial charge in [0, 0.05) is 16.4 Å². The summed E-state index contributed by atoms with van der Waals surface area (Å²) in [6, 6.07) is 19.6. The number of pyridine rings is 1. The maximum absolute atomic E-state index is 13.3. The summed E-state index contributed by atoms with van der Waals surface area (Å²) in [5, 5.41) is 12.5. The normalized spacial score (nSPS) is 11.2. The molecule has 2 heterocycles. The van der Waals surface area contributed by atoms with Crippen LogP contribution >= 0.6 is 15.9 Å². The van der Waals surface area contributed by atoms with E-state index in [-0.39, 0.29) is 17.0 Å². The van der Waals surface area contributed by atoms with Crippen molar-refractivity contribution in [3.8, 4) is 17.7 Å². The third kappa shape index (κ3) is 4.90. The molecule has 0 bridgehead atoms. The maximum atomic E-state index is 13.3. The van der Waals surface area contributed by atoms with Gasteiger partial charge in [0.05, 0.1) is 0 Å². The Bertz CT molecular complexity index is 1530. The molecular weight excluding hydrogens is 496 g/mol. The molecule has 0 unspecified atom stereocenters. The number of aromatic nitrogens is 2. The van der Waals surface area contributed by atoms with E-state index in [0.29, 0.717) is 17.1 Å². The van der Waals surface area contributed by atoms with Gasteiger partial charge in [0.25, 0.3) is 11.5 Å². The zero-order valence-electron chi connectivity index (χ0n) is 18.4. The lowest BCUT2D eigenvalue weighted by Gasteiger charge is -2.11. The Kier molecular flexibility index (Phi) is 6.57. The molecule has 2 aromatic heterocycles. The van der Waals surface area contributed by atoms with Crippen molar-refractivity contribution in [2.75, 3.05) is 5.32 Å². The number of halogens is 1. The largest absolute Gasteiger partial charge is 0.438 e. The van der Waals surface area contributed by atoms with Gasteiger partial charge in [-0.1, -0.05) is 34.1 Å². The number of carbonyl (C=O) groups excluding carboxylic acids is 1. The zero-order valence-corrected chi connectivity index (χ0v) is 20.0. The van der Waals surface area contributed by atoms with Gasteiger partial charge in [0.2, 0.25) is 5.88 Å². The van der Waals surface area contributed by atoms with Crippen molar-refractivity contribution in [3.63, 3.8) is 0 Å². The summed E-state index contributed by atoms with van der Waals surface area (Å²) >= 11 is 3.37. The fourth-order valence-electron chi connectivity index (χ4n) is 3.25. The highest BCUT2D eigenvalue weighted by atomic mass is 79.9. The second-order valence-electron chi connectivity index (χ2n) is 7.56. The molecule has 34 heavy (non-hydrogen) atoms. The molecule has 0 radical (unpaired) electrons.